The molecule has 0 aromatic carbocycles. The Bertz CT molecular complexity index is 266. The maximum Gasteiger partial charge on any atom is 0.376 e. The van der Waals surface area contributed by atoms with Gasteiger partial charge in [0.05, 0.1) is 0 Å². The lowest BCUT2D eigenvalue weighted by Gasteiger charge is -2.08. The van der Waals surface area contributed by atoms with Gasteiger partial charge in [-0.1, -0.05) is 6.58 Å². The molecular formula is C8H10O5. The molecule has 0 aromatic rings. The van der Waals surface area contributed by atoms with E-state index in [1.54, 1.807) is 0 Å². The van der Waals surface area contributed by atoms with Crippen molar-refractivity contribution in [2.75, 3.05) is 0 Å². The van der Waals surface area contributed by atoms with Gasteiger partial charge in [-0.2, -0.15) is 0 Å². The van der Waals surface area contributed by atoms with Crippen LogP contribution in [-0.2, 0) is 19.1 Å². The molecule has 0 aromatic heterocycles. The van der Waals surface area contributed by atoms with E-state index in [0.29, 0.717) is 0 Å². The topological polar surface area (TPSA) is 80.7 Å². The van der Waals surface area contributed by atoms with Gasteiger partial charge in [0, 0.05) is 5.57 Å². The third kappa shape index (κ3) is 3.50. The van der Waals surface area contributed by atoms with Crippen LogP contribution in [0.1, 0.15) is 13.8 Å². The molecule has 72 valence electrons. The zero-order valence-corrected chi connectivity index (χ0v) is 7.36. The predicted molar refractivity (Wildman–Crippen MR) is 43.0 cm³/mol. The average molecular weight is 186 g/mol. The highest BCUT2D eigenvalue weighted by atomic mass is 16.5. The highest BCUT2D eigenvalue weighted by molar-refractivity contribution is 6.34. The van der Waals surface area contributed by atoms with E-state index < -0.39 is 23.8 Å². The predicted octanol–water partition coefficient (Wildman–Crippen LogP) is 0.148. The number of carbonyl (C=O) groups excluding carboxylic acids is 2. The number of rotatable bonds is 4. The van der Waals surface area contributed by atoms with Gasteiger partial charge in [0.2, 0.25) is 0 Å². The molecule has 0 amide bonds. The van der Waals surface area contributed by atoms with E-state index in [9.17, 15) is 14.4 Å². The summed E-state index contributed by atoms with van der Waals surface area (Å²) in [6.07, 6.45) is -1.28. The minimum absolute atomic E-state index is 0.116. The zero-order chi connectivity index (χ0) is 10.6. The van der Waals surface area contributed by atoms with Crippen molar-refractivity contribution in [3.05, 3.63) is 12.2 Å². The summed E-state index contributed by atoms with van der Waals surface area (Å²) < 4.78 is 4.47. The largest absolute Gasteiger partial charge is 0.475 e. The number of hydrogen-bond donors (Lipinski definition) is 1. The first kappa shape index (κ1) is 11.4. The van der Waals surface area contributed by atoms with Gasteiger partial charge < -0.3 is 9.84 Å². The fourth-order valence-corrected chi connectivity index (χ4v) is 0.489. The number of ketones is 1. The number of hydrogen-bond acceptors (Lipinski definition) is 4. The molecule has 0 aliphatic rings. The minimum Gasteiger partial charge on any atom is -0.475 e. The summed E-state index contributed by atoms with van der Waals surface area (Å²) in [6.45, 7) is 5.87. The van der Waals surface area contributed by atoms with Gasteiger partial charge >= 0.3 is 11.9 Å². The smallest absolute Gasteiger partial charge is 0.376 e. The van der Waals surface area contributed by atoms with Crippen LogP contribution >= 0.6 is 0 Å². The maximum atomic E-state index is 10.8. The third-order valence-corrected chi connectivity index (χ3v) is 1.21. The zero-order valence-electron chi connectivity index (χ0n) is 7.36. The average Bonchev–Trinajstić information content (AvgIpc) is 2.02. The first-order valence-corrected chi connectivity index (χ1v) is 3.50. The Balaban J connectivity index is 4.23. The summed E-state index contributed by atoms with van der Waals surface area (Å²) >= 11 is 0. The molecule has 0 saturated heterocycles. The lowest BCUT2D eigenvalue weighted by Crippen LogP contribution is -2.30. The van der Waals surface area contributed by atoms with Gasteiger partial charge in [0.1, 0.15) is 0 Å². The summed E-state index contributed by atoms with van der Waals surface area (Å²) in [7, 11) is 0. The summed E-state index contributed by atoms with van der Waals surface area (Å²) in [5.74, 6) is -3.56. The van der Waals surface area contributed by atoms with Gasteiger partial charge in [0.25, 0.3) is 5.78 Å². The second-order valence-electron chi connectivity index (χ2n) is 2.50. The van der Waals surface area contributed by atoms with Gasteiger partial charge in [-0.15, -0.1) is 0 Å². The van der Waals surface area contributed by atoms with Crippen LogP contribution in [0.5, 0.6) is 0 Å². The molecule has 0 rings (SSSR count). The SMILES string of the molecule is C=C(C)C(=O)OC(C)C(=O)C(=O)O. The lowest BCUT2D eigenvalue weighted by atomic mass is 10.2. The Morgan fingerprint density at radius 3 is 2.15 bits per heavy atom. The quantitative estimate of drug-likeness (QED) is 0.384. The lowest BCUT2D eigenvalue weighted by molar-refractivity contribution is -0.159. The first-order valence-electron chi connectivity index (χ1n) is 3.50. The summed E-state index contributed by atoms with van der Waals surface area (Å²) in [6, 6.07) is 0. The normalized spacial score (nSPS) is 11.5. The van der Waals surface area contributed by atoms with Crippen molar-refractivity contribution >= 4 is 17.7 Å². The molecular weight excluding hydrogens is 176 g/mol. The number of carboxylic acids is 1. The molecule has 0 spiro atoms. The van der Waals surface area contributed by atoms with Crippen molar-refractivity contribution in [2.45, 2.75) is 20.0 Å². The second-order valence-corrected chi connectivity index (χ2v) is 2.50. The molecule has 0 saturated carbocycles. The van der Waals surface area contributed by atoms with E-state index in [0.717, 1.165) is 0 Å². The number of Topliss-reactive ketones (excluding diaryl/α,β-unsaturated/α-hetero) is 1. The summed E-state index contributed by atoms with van der Waals surface area (Å²) in [5, 5.41) is 8.24. The van der Waals surface area contributed by atoms with Gasteiger partial charge in [-0.05, 0) is 13.8 Å². The molecule has 0 heterocycles. The molecule has 0 fully saturated rings. The van der Waals surface area contributed by atoms with Crippen LogP contribution in [0.25, 0.3) is 0 Å². The molecule has 1 unspecified atom stereocenters. The van der Waals surface area contributed by atoms with Crippen molar-refractivity contribution in [3.63, 3.8) is 0 Å². The highest BCUT2D eigenvalue weighted by Gasteiger charge is 2.23. The number of carboxylic acid groups (broad SMARTS) is 1. The number of carbonyl (C=O) groups is 3. The van der Waals surface area contributed by atoms with Crippen molar-refractivity contribution in [2.24, 2.45) is 0 Å². The van der Waals surface area contributed by atoms with Crippen LogP contribution in [0.4, 0.5) is 0 Å². The number of aliphatic carboxylic acids is 1. The van der Waals surface area contributed by atoms with Gasteiger partial charge in [0.15, 0.2) is 6.10 Å². The summed E-state index contributed by atoms with van der Waals surface area (Å²) in [5.41, 5.74) is 0.116. The Hall–Kier alpha value is -1.65. The van der Waals surface area contributed by atoms with Gasteiger partial charge in [-0.3, -0.25) is 4.79 Å². The minimum atomic E-state index is -1.62. The van der Waals surface area contributed by atoms with Crippen molar-refractivity contribution < 1.29 is 24.2 Å². The van der Waals surface area contributed by atoms with Crippen LogP contribution in [0.3, 0.4) is 0 Å². The molecule has 0 aliphatic carbocycles. The number of ether oxygens (including phenoxy) is 1. The molecule has 5 nitrogen and oxygen atoms in total. The molecule has 0 aliphatic heterocycles. The Morgan fingerprint density at radius 2 is 1.85 bits per heavy atom. The summed E-state index contributed by atoms with van der Waals surface area (Å²) in [4.78, 5) is 31.6. The molecule has 1 atom stereocenters. The van der Waals surface area contributed by atoms with Crippen LogP contribution in [0.2, 0.25) is 0 Å². The first-order chi connectivity index (χ1) is 5.86. The van der Waals surface area contributed by atoms with Crippen LogP contribution in [0.15, 0.2) is 12.2 Å². The molecule has 1 N–H and O–H groups in total. The highest BCUT2D eigenvalue weighted by Crippen LogP contribution is 1.99. The van der Waals surface area contributed by atoms with E-state index in [1.165, 1.54) is 13.8 Å². The Morgan fingerprint density at radius 1 is 1.38 bits per heavy atom. The van der Waals surface area contributed by atoms with E-state index in [4.69, 9.17) is 5.11 Å². The van der Waals surface area contributed by atoms with E-state index >= 15 is 0 Å². The van der Waals surface area contributed by atoms with E-state index in [-0.39, 0.29) is 5.57 Å². The second kappa shape index (κ2) is 4.39. The molecule has 0 bridgehead atoms. The third-order valence-electron chi connectivity index (χ3n) is 1.21. The monoisotopic (exact) mass is 186 g/mol. The molecule has 5 heteroatoms. The van der Waals surface area contributed by atoms with Crippen LogP contribution < -0.4 is 0 Å². The van der Waals surface area contributed by atoms with Crippen molar-refractivity contribution in [1.29, 1.82) is 0 Å². The van der Waals surface area contributed by atoms with Crippen molar-refractivity contribution in [3.8, 4) is 0 Å². The Labute approximate surface area is 75.0 Å². The fraction of sp³-hybridized carbons (Fsp3) is 0.375. The fourth-order valence-electron chi connectivity index (χ4n) is 0.489. The van der Waals surface area contributed by atoms with E-state index in [1.807, 2.05) is 0 Å². The number of esters is 1. The van der Waals surface area contributed by atoms with Crippen molar-refractivity contribution in [1.82, 2.24) is 0 Å². The standard InChI is InChI=1S/C8H10O5/c1-4(2)8(12)13-5(3)6(9)7(10)11/h5H,1H2,2-3H3,(H,10,11). The molecule has 0 radical (unpaired) electrons. The maximum absolute atomic E-state index is 10.8. The van der Waals surface area contributed by atoms with Crippen LogP contribution in [-0.4, -0.2) is 28.9 Å². The van der Waals surface area contributed by atoms with Gasteiger partial charge in [-0.25, -0.2) is 9.59 Å². The molecule has 13 heavy (non-hydrogen) atoms. The Kier molecular flexibility index (Phi) is 3.84. The van der Waals surface area contributed by atoms with Crippen LogP contribution in [0, 0.1) is 0 Å². The van der Waals surface area contributed by atoms with E-state index in [2.05, 4.69) is 11.3 Å².